The van der Waals surface area contributed by atoms with Crippen molar-refractivity contribution in [1.29, 1.82) is 0 Å². The van der Waals surface area contributed by atoms with E-state index in [1.54, 1.807) is 0 Å². The molecule has 0 aliphatic carbocycles. The van der Waals surface area contributed by atoms with Gasteiger partial charge in [0.15, 0.2) is 5.82 Å². The van der Waals surface area contributed by atoms with Crippen LogP contribution in [-0.4, -0.2) is 19.1 Å². The summed E-state index contributed by atoms with van der Waals surface area (Å²) in [4.78, 5) is 9.73. The van der Waals surface area contributed by atoms with Gasteiger partial charge in [0.05, 0.1) is 22.1 Å². The van der Waals surface area contributed by atoms with Crippen molar-refractivity contribution in [2.45, 2.75) is 0 Å². The van der Waals surface area contributed by atoms with Crippen molar-refractivity contribution in [1.82, 2.24) is 19.1 Å². The second kappa shape index (κ2) is 8.88. The first-order valence-corrected chi connectivity index (χ1v) is 14.2. The average Bonchev–Trinajstić information content (AvgIpc) is 3.57. The lowest BCUT2D eigenvalue weighted by Gasteiger charge is -2.12. The van der Waals surface area contributed by atoms with Gasteiger partial charge in [-0.25, -0.2) is 9.97 Å². The van der Waals surface area contributed by atoms with Gasteiger partial charge in [0.2, 0.25) is 0 Å². The first-order valence-electron chi connectivity index (χ1n) is 14.2. The summed E-state index contributed by atoms with van der Waals surface area (Å²) in [6.45, 7) is 0. The van der Waals surface area contributed by atoms with Gasteiger partial charge in [-0.1, -0.05) is 97.1 Å². The number of fused-ring (bicyclic) bond motifs is 8. The third kappa shape index (κ3) is 3.29. The maximum atomic E-state index is 5.10. The molecule has 0 atom stereocenters. The van der Waals surface area contributed by atoms with Crippen LogP contribution in [0.15, 0.2) is 146 Å². The molecule has 196 valence electrons. The Kier molecular flexibility index (Phi) is 4.87. The maximum absolute atomic E-state index is 5.10. The molecule has 4 heteroatoms. The lowest BCUT2D eigenvalue weighted by Crippen LogP contribution is -2.00. The van der Waals surface area contributed by atoms with Crippen LogP contribution in [0, 0.1) is 0 Å². The number of hydrogen-bond donors (Lipinski definition) is 0. The van der Waals surface area contributed by atoms with E-state index in [1.807, 2.05) is 30.5 Å². The minimum atomic E-state index is 0.714. The molecule has 9 aromatic rings. The van der Waals surface area contributed by atoms with E-state index in [0.717, 1.165) is 28.1 Å². The van der Waals surface area contributed by atoms with E-state index in [0.29, 0.717) is 5.82 Å². The molecule has 0 unspecified atom stereocenters. The number of benzene rings is 6. The fourth-order valence-corrected chi connectivity index (χ4v) is 6.54. The molecule has 0 saturated heterocycles. The Bertz CT molecular complexity index is 2450. The molecule has 3 heterocycles. The van der Waals surface area contributed by atoms with Crippen molar-refractivity contribution in [2.75, 3.05) is 0 Å². The number of nitrogens with zero attached hydrogens (tertiary/aromatic N) is 4. The molecule has 3 aromatic heterocycles. The van der Waals surface area contributed by atoms with Gasteiger partial charge in [0.1, 0.15) is 5.82 Å². The minimum Gasteiger partial charge on any atom is -0.309 e. The second-order valence-corrected chi connectivity index (χ2v) is 10.7. The number of para-hydroxylation sites is 3. The summed E-state index contributed by atoms with van der Waals surface area (Å²) >= 11 is 0. The third-order valence-electron chi connectivity index (χ3n) is 8.36. The molecule has 0 aliphatic heterocycles. The topological polar surface area (TPSA) is 35.6 Å². The molecule has 0 fully saturated rings. The predicted octanol–water partition coefficient (Wildman–Crippen LogP) is 9.49. The number of hydrogen-bond acceptors (Lipinski definition) is 2. The van der Waals surface area contributed by atoms with Crippen LogP contribution < -0.4 is 0 Å². The quantitative estimate of drug-likeness (QED) is 0.225. The zero-order chi connectivity index (χ0) is 27.6. The van der Waals surface area contributed by atoms with E-state index in [1.165, 1.54) is 43.4 Å². The van der Waals surface area contributed by atoms with Gasteiger partial charge in [-0.05, 0) is 47.9 Å². The van der Waals surface area contributed by atoms with Crippen molar-refractivity contribution in [3.05, 3.63) is 146 Å². The number of aromatic nitrogens is 4. The lowest BCUT2D eigenvalue weighted by molar-refractivity contribution is 1.05. The van der Waals surface area contributed by atoms with Gasteiger partial charge in [0, 0.05) is 44.4 Å². The Morgan fingerprint density at radius 1 is 0.452 bits per heavy atom. The SMILES string of the molecule is c1ccc(-c2nccc(-n3c4ccccc4c4ccc5cc6c7ccccc7n(-c7ccccc7)c6cc5c43)n2)cc1. The van der Waals surface area contributed by atoms with Crippen LogP contribution in [0.25, 0.3) is 77.3 Å². The van der Waals surface area contributed by atoms with E-state index < -0.39 is 0 Å². The van der Waals surface area contributed by atoms with Gasteiger partial charge in [-0.15, -0.1) is 0 Å². The normalized spacial score (nSPS) is 11.8. The maximum Gasteiger partial charge on any atom is 0.161 e. The van der Waals surface area contributed by atoms with Crippen LogP contribution >= 0.6 is 0 Å². The Hall–Kier alpha value is -5.74. The lowest BCUT2D eigenvalue weighted by atomic mass is 10.0. The van der Waals surface area contributed by atoms with Crippen LogP contribution in [0.3, 0.4) is 0 Å². The Balaban J connectivity index is 1.43. The first kappa shape index (κ1) is 23.0. The van der Waals surface area contributed by atoms with Gasteiger partial charge in [0.25, 0.3) is 0 Å². The molecule has 0 bridgehead atoms. The predicted molar refractivity (Wildman–Crippen MR) is 174 cm³/mol. The highest BCUT2D eigenvalue weighted by molar-refractivity contribution is 6.22. The second-order valence-electron chi connectivity index (χ2n) is 10.7. The van der Waals surface area contributed by atoms with E-state index >= 15 is 0 Å². The molecule has 0 aliphatic rings. The molecular weight excluding hydrogens is 512 g/mol. The van der Waals surface area contributed by atoms with Crippen LogP contribution in [0.5, 0.6) is 0 Å². The highest BCUT2D eigenvalue weighted by Gasteiger charge is 2.19. The van der Waals surface area contributed by atoms with E-state index in [2.05, 4.69) is 129 Å². The van der Waals surface area contributed by atoms with Crippen molar-refractivity contribution in [3.8, 4) is 22.9 Å². The average molecular weight is 537 g/mol. The minimum absolute atomic E-state index is 0.714. The molecule has 0 N–H and O–H groups in total. The van der Waals surface area contributed by atoms with E-state index in [4.69, 9.17) is 4.98 Å². The van der Waals surface area contributed by atoms with Crippen molar-refractivity contribution >= 4 is 54.4 Å². The number of rotatable bonds is 3. The largest absolute Gasteiger partial charge is 0.309 e. The fraction of sp³-hybridized carbons (Fsp3) is 0. The summed E-state index contributed by atoms with van der Waals surface area (Å²) in [5.74, 6) is 1.57. The Labute approximate surface area is 241 Å². The summed E-state index contributed by atoms with van der Waals surface area (Å²) < 4.78 is 4.69. The Morgan fingerprint density at radius 2 is 1.12 bits per heavy atom. The van der Waals surface area contributed by atoms with Gasteiger partial charge in [-0.2, -0.15) is 0 Å². The molecule has 9 rings (SSSR count). The fourth-order valence-electron chi connectivity index (χ4n) is 6.54. The molecule has 6 aromatic carbocycles. The van der Waals surface area contributed by atoms with Crippen LogP contribution in [-0.2, 0) is 0 Å². The first-order chi connectivity index (χ1) is 20.8. The third-order valence-corrected chi connectivity index (χ3v) is 8.36. The van der Waals surface area contributed by atoms with Crippen LogP contribution in [0.1, 0.15) is 0 Å². The van der Waals surface area contributed by atoms with Gasteiger partial charge < -0.3 is 4.57 Å². The molecule has 4 nitrogen and oxygen atoms in total. The molecule has 0 spiro atoms. The summed E-state index contributed by atoms with van der Waals surface area (Å²) in [6.07, 6.45) is 1.86. The summed E-state index contributed by atoms with van der Waals surface area (Å²) in [5, 5.41) is 7.31. The summed E-state index contributed by atoms with van der Waals surface area (Å²) in [5.41, 5.74) is 6.82. The molecule has 42 heavy (non-hydrogen) atoms. The standard InChI is InChI=1S/C38H24N4/c1-3-11-25(12-4-1)38-39-22-21-36(40-38)42-34-18-10-7-15-28(34)30-20-19-26-23-32-29-16-8-9-17-33(29)41(27-13-5-2-6-14-27)35(32)24-31(26)37(30)42/h1-24H. The zero-order valence-corrected chi connectivity index (χ0v) is 22.6. The molecule has 0 radical (unpaired) electrons. The monoisotopic (exact) mass is 536 g/mol. The summed E-state index contributed by atoms with van der Waals surface area (Å²) in [6, 6.07) is 49.4. The van der Waals surface area contributed by atoms with Crippen LogP contribution in [0.4, 0.5) is 0 Å². The highest BCUT2D eigenvalue weighted by atomic mass is 15.1. The van der Waals surface area contributed by atoms with E-state index in [9.17, 15) is 0 Å². The Morgan fingerprint density at radius 3 is 1.90 bits per heavy atom. The van der Waals surface area contributed by atoms with Gasteiger partial charge in [-0.3, -0.25) is 4.57 Å². The molecular formula is C38H24N4. The zero-order valence-electron chi connectivity index (χ0n) is 22.6. The van der Waals surface area contributed by atoms with Crippen molar-refractivity contribution < 1.29 is 0 Å². The highest BCUT2D eigenvalue weighted by Crippen LogP contribution is 2.40. The van der Waals surface area contributed by atoms with Crippen LogP contribution in [0.2, 0.25) is 0 Å². The summed E-state index contributed by atoms with van der Waals surface area (Å²) in [7, 11) is 0. The smallest absolute Gasteiger partial charge is 0.161 e. The molecule has 0 saturated carbocycles. The van der Waals surface area contributed by atoms with Gasteiger partial charge >= 0.3 is 0 Å². The van der Waals surface area contributed by atoms with Crippen molar-refractivity contribution in [3.63, 3.8) is 0 Å². The van der Waals surface area contributed by atoms with Crippen molar-refractivity contribution in [2.24, 2.45) is 0 Å². The van der Waals surface area contributed by atoms with E-state index in [-0.39, 0.29) is 0 Å². The molecule has 0 amide bonds.